The Labute approximate surface area is 97.0 Å². The quantitative estimate of drug-likeness (QED) is 0.727. The molecule has 4 nitrogen and oxygen atoms in total. The highest BCUT2D eigenvalue weighted by molar-refractivity contribution is 5.80. The first-order valence-electron chi connectivity index (χ1n) is 6.23. The molecule has 2 unspecified atom stereocenters. The fourth-order valence-electron chi connectivity index (χ4n) is 2.86. The molecule has 16 heavy (non-hydrogen) atoms. The standard InChI is InChI=1S/C12H22N2O2/c1-9-5-6-14(7-9)8-12(13-2,11(15)16)10-3-4-10/h9-10,13H,3-8H2,1-2H3,(H,15,16). The monoisotopic (exact) mass is 226 g/mol. The molecule has 0 amide bonds. The highest BCUT2D eigenvalue weighted by Gasteiger charge is 2.51. The topological polar surface area (TPSA) is 52.6 Å². The summed E-state index contributed by atoms with van der Waals surface area (Å²) in [6.45, 7) is 4.99. The average Bonchev–Trinajstić information content (AvgIpc) is 3.00. The third kappa shape index (κ3) is 2.09. The molecule has 2 rings (SSSR count). The minimum absolute atomic E-state index is 0.325. The molecule has 4 heteroatoms. The van der Waals surface area contributed by atoms with Gasteiger partial charge >= 0.3 is 5.97 Å². The number of nitrogens with one attached hydrogen (secondary N) is 1. The van der Waals surface area contributed by atoms with Crippen molar-refractivity contribution in [2.45, 2.75) is 31.7 Å². The Morgan fingerprint density at radius 1 is 1.50 bits per heavy atom. The second-order valence-corrected chi connectivity index (χ2v) is 5.43. The van der Waals surface area contributed by atoms with E-state index in [1.165, 1.54) is 6.42 Å². The van der Waals surface area contributed by atoms with Crippen LogP contribution in [0.25, 0.3) is 0 Å². The van der Waals surface area contributed by atoms with Crippen LogP contribution in [-0.4, -0.2) is 48.2 Å². The number of hydrogen-bond acceptors (Lipinski definition) is 3. The van der Waals surface area contributed by atoms with E-state index in [0.717, 1.165) is 25.9 Å². The van der Waals surface area contributed by atoms with Gasteiger partial charge in [-0.25, -0.2) is 0 Å². The number of hydrogen-bond donors (Lipinski definition) is 2. The Morgan fingerprint density at radius 3 is 2.56 bits per heavy atom. The van der Waals surface area contributed by atoms with E-state index in [-0.39, 0.29) is 0 Å². The maximum Gasteiger partial charge on any atom is 0.325 e. The molecule has 2 fully saturated rings. The van der Waals surface area contributed by atoms with Crippen LogP contribution in [-0.2, 0) is 4.79 Å². The summed E-state index contributed by atoms with van der Waals surface area (Å²) in [5.74, 6) is 0.352. The summed E-state index contributed by atoms with van der Waals surface area (Å²) < 4.78 is 0. The van der Waals surface area contributed by atoms with Crippen molar-refractivity contribution in [3.63, 3.8) is 0 Å². The lowest BCUT2D eigenvalue weighted by Crippen LogP contribution is -2.59. The smallest absolute Gasteiger partial charge is 0.325 e. The van der Waals surface area contributed by atoms with Crippen LogP contribution in [0, 0.1) is 11.8 Å². The summed E-state index contributed by atoms with van der Waals surface area (Å²) in [5, 5.41) is 12.5. The Morgan fingerprint density at radius 2 is 2.19 bits per heavy atom. The minimum atomic E-state index is -0.704. The van der Waals surface area contributed by atoms with Gasteiger partial charge in [-0.05, 0) is 44.7 Å². The van der Waals surface area contributed by atoms with Crippen LogP contribution in [0.15, 0.2) is 0 Å². The molecule has 2 aliphatic rings. The second kappa shape index (κ2) is 4.34. The number of carboxylic acid groups (broad SMARTS) is 1. The first-order chi connectivity index (χ1) is 7.58. The van der Waals surface area contributed by atoms with Gasteiger partial charge in [0.2, 0.25) is 0 Å². The predicted octanol–water partition coefficient (Wildman–Crippen LogP) is 0.781. The van der Waals surface area contributed by atoms with E-state index in [2.05, 4.69) is 17.1 Å². The average molecular weight is 226 g/mol. The van der Waals surface area contributed by atoms with Crippen LogP contribution in [0.5, 0.6) is 0 Å². The van der Waals surface area contributed by atoms with Crippen LogP contribution in [0.2, 0.25) is 0 Å². The van der Waals surface area contributed by atoms with Crippen LogP contribution in [0.1, 0.15) is 26.2 Å². The molecule has 0 aromatic carbocycles. The first kappa shape index (κ1) is 11.9. The van der Waals surface area contributed by atoms with Gasteiger partial charge < -0.3 is 15.3 Å². The molecular weight excluding hydrogens is 204 g/mol. The third-order valence-electron chi connectivity index (χ3n) is 4.08. The zero-order valence-electron chi connectivity index (χ0n) is 10.2. The first-order valence-corrected chi connectivity index (χ1v) is 6.23. The van der Waals surface area contributed by atoms with Crippen molar-refractivity contribution < 1.29 is 9.90 Å². The molecule has 1 saturated heterocycles. The number of aliphatic carboxylic acids is 1. The number of nitrogens with zero attached hydrogens (tertiary/aromatic N) is 1. The molecule has 0 radical (unpaired) electrons. The highest BCUT2D eigenvalue weighted by atomic mass is 16.4. The van der Waals surface area contributed by atoms with Crippen LogP contribution < -0.4 is 5.32 Å². The molecular formula is C12H22N2O2. The molecule has 0 aromatic rings. The SMILES string of the molecule is CNC(CN1CCC(C)C1)(C(=O)O)C1CC1. The summed E-state index contributed by atoms with van der Waals surface area (Å²) in [7, 11) is 1.78. The third-order valence-corrected chi connectivity index (χ3v) is 4.08. The van der Waals surface area contributed by atoms with E-state index in [1.54, 1.807) is 7.05 Å². The maximum absolute atomic E-state index is 11.5. The van der Waals surface area contributed by atoms with E-state index >= 15 is 0 Å². The van der Waals surface area contributed by atoms with Crippen molar-refractivity contribution in [3.8, 4) is 0 Å². The predicted molar refractivity (Wildman–Crippen MR) is 62.4 cm³/mol. The van der Waals surface area contributed by atoms with Gasteiger partial charge in [-0.1, -0.05) is 6.92 Å². The molecule has 2 N–H and O–H groups in total. The van der Waals surface area contributed by atoms with E-state index in [4.69, 9.17) is 0 Å². The van der Waals surface area contributed by atoms with Gasteiger partial charge in [0.05, 0.1) is 0 Å². The van der Waals surface area contributed by atoms with E-state index < -0.39 is 11.5 Å². The van der Waals surface area contributed by atoms with Crippen molar-refractivity contribution in [1.29, 1.82) is 0 Å². The summed E-state index contributed by atoms with van der Waals surface area (Å²) in [6, 6.07) is 0. The lowest BCUT2D eigenvalue weighted by Gasteiger charge is -2.33. The molecule has 92 valence electrons. The van der Waals surface area contributed by atoms with Gasteiger partial charge in [-0.2, -0.15) is 0 Å². The molecule has 2 atom stereocenters. The number of rotatable bonds is 5. The molecule has 0 spiro atoms. The fourth-order valence-corrected chi connectivity index (χ4v) is 2.86. The minimum Gasteiger partial charge on any atom is -0.480 e. The summed E-state index contributed by atoms with van der Waals surface area (Å²) in [4.78, 5) is 13.8. The maximum atomic E-state index is 11.5. The van der Waals surface area contributed by atoms with Crippen LogP contribution in [0.3, 0.4) is 0 Å². The molecule has 0 bridgehead atoms. The van der Waals surface area contributed by atoms with Crippen molar-refractivity contribution >= 4 is 5.97 Å². The molecule has 1 aliphatic heterocycles. The molecule has 0 aromatic heterocycles. The fraction of sp³-hybridized carbons (Fsp3) is 0.917. The normalized spacial score (nSPS) is 30.2. The highest BCUT2D eigenvalue weighted by Crippen LogP contribution is 2.40. The van der Waals surface area contributed by atoms with Crippen molar-refractivity contribution in [2.24, 2.45) is 11.8 Å². The van der Waals surface area contributed by atoms with Gasteiger partial charge in [0.15, 0.2) is 0 Å². The van der Waals surface area contributed by atoms with Crippen molar-refractivity contribution in [2.75, 3.05) is 26.7 Å². The summed E-state index contributed by atoms with van der Waals surface area (Å²) >= 11 is 0. The van der Waals surface area contributed by atoms with Crippen molar-refractivity contribution in [3.05, 3.63) is 0 Å². The Hall–Kier alpha value is -0.610. The number of carboxylic acids is 1. The summed E-state index contributed by atoms with van der Waals surface area (Å²) in [6.07, 6.45) is 3.30. The van der Waals surface area contributed by atoms with Gasteiger partial charge in [-0.3, -0.25) is 4.79 Å². The Kier molecular flexibility index (Phi) is 3.22. The second-order valence-electron chi connectivity index (χ2n) is 5.43. The van der Waals surface area contributed by atoms with E-state index in [1.807, 2.05) is 0 Å². The molecule has 1 heterocycles. The van der Waals surface area contributed by atoms with Gasteiger partial charge in [0.1, 0.15) is 5.54 Å². The lowest BCUT2D eigenvalue weighted by molar-refractivity contribution is -0.146. The van der Waals surface area contributed by atoms with E-state index in [9.17, 15) is 9.90 Å². The lowest BCUT2D eigenvalue weighted by atomic mass is 9.92. The largest absolute Gasteiger partial charge is 0.480 e. The van der Waals surface area contributed by atoms with Gasteiger partial charge in [0.25, 0.3) is 0 Å². The number of carbonyl (C=O) groups is 1. The number of likely N-dealkylation sites (N-methyl/N-ethyl adjacent to an activating group) is 1. The molecule has 1 saturated carbocycles. The zero-order chi connectivity index (χ0) is 11.8. The summed E-state index contributed by atoms with van der Waals surface area (Å²) in [5.41, 5.74) is -0.704. The van der Waals surface area contributed by atoms with Gasteiger partial charge in [-0.15, -0.1) is 0 Å². The van der Waals surface area contributed by atoms with E-state index in [0.29, 0.717) is 18.4 Å². The van der Waals surface area contributed by atoms with Gasteiger partial charge in [0, 0.05) is 13.1 Å². The zero-order valence-corrected chi connectivity index (χ0v) is 10.2. The molecule has 1 aliphatic carbocycles. The number of likely N-dealkylation sites (tertiary alicyclic amines) is 1. The van der Waals surface area contributed by atoms with Crippen molar-refractivity contribution in [1.82, 2.24) is 10.2 Å². The Bertz CT molecular complexity index is 278. The van der Waals surface area contributed by atoms with Crippen LogP contribution >= 0.6 is 0 Å². The Balaban J connectivity index is 2.04. The van der Waals surface area contributed by atoms with Crippen LogP contribution in [0.4, 0.5) is 0 Å².